The van der Waals surface area contributed by atoms with E-state index in [2.05, 4.69) is 35.1 Å². The van der Waals surface area contributed by atoms with Crippen molar-refractivity contribution in [2.24, 2.45) is 7.05 Å². The molecule has 1 aromatic carbocycles. The number of para-hydroxylation sites is 1. The van der Waals surface area contributed by atoms with Crippen molar-refractivity contribution in [3.05, 3.63) is 58.5 Å². The minimum atomic E-state index is 0.529. The number of pyridine rings is 1. The minimum Gasteiger partial charge on any atom is -0.297 e. The summed E-state index contributed by atoms with van der Waals surface area (Å²) in [7, 11) is 2.03. The maximum absolute atomic E-state index is 6.65. The molecule has 0 bridgehead atoms. The molecule has 3 aromatic rings. The van der Waals surface area contributed by atoms with E-state index in [0.717, 1.165) is 46.8 Å². The van der Waals surface area contributed by atoms with Crippen molar-refractivity contribution in [3.63, 3.8) is 0 Å². The Kier molecular flexibility index (Phi) is 4.48. The summed E-state index contributed by atoms with van der Waals surface area (Å²) in [6.07, 6.45) is 4.30. The quantitative estimate of drug-likeness (QED) is 0.702. The standard InChI is InChI=1S/C20H23ClN4/c1-14-16-7-3-4-8-17(16)23-18(20(14)21)13-25-11-5-6-15(12-25)19-9-10-22-24(19)2/h3-4,7-10,15H,5-6,11-13H2,1-2H3/t15-/m0/s1. The van der Waals surface area contributed by atoms with Gasteiger partial charge in [-0.1, -0.05) is 29.8 Å². The third kappa shape index (κ3) is 3.16. The Morgan fingerprint density at radius 2 is 2.08 bits per heavy atom. The Morgan fingerprint density at radius 3 is 2.88 bits per heavy atom. The number of benzene rings is 1. The molecule has 1 atom stereocenters. The van der Waals surface area contributed by atoms with Gasteiger partial charge in [-0.2, -0.15) is 5.10 Å². The predicted molar refractivity (Wildman–Crippen MR) is 102 cm³/mol. The number of fused-ring (bicyclic) bond motifs is 1. The average Bonchev–Trinajstić information content (AvgIpc) is 3.06. The van der Waals surface area contributed by atoms with Crippen LogP contribution in [0.25, 0.3) is 10.9 Å². The zero-order chi connectivity index (χ0) is 17.4. The summed E-state index contributed by atoms with van der Waals surface area (Å²) in [5.41, 5.74) is 4.46. The van der Waals surface area contributed by atoms with E-state index in [1.807, 2.05) is 30.1 Å². The lowest BCUT2D eigenvalue weighted by Gasteiger charge is -2.32. The van der Waals surface area contributed by atoms with Crippen molar-refractivity contribution in [2.45, 2.75) is 32.2 Å². The van der Waals surface area contributed by atoms with Crippen LogP contribution in [0.5, 0.6) is 0 Å². The fourth-order valence-electron chi connectivity index (χ4n) is 3.96. The van der Waals surface area contributed by atoms with Gasteiger partial charge in [0.25, 0.3) is 0 Å². The lowest BCUT2D eigenvalue weighted by molar-refractivity contribution is 0.194. The van der Waals surface area contributed by atoms with Crippen LogP contribution < -0.4 is 0 Å². The van der Waals surface area contributed by atoms with E-state index >= 15 is 0 Å². The smallest absolute Gasteiger partial charge is 0.0740 e. The Bertz CT molecular complexity index is 902. The van der Waals surface area contributed by atoms with Crippen molar-refractivity contribution < 1.29 is 0 Å². The summed E-state index contributed by atoms with van der Waals surface area (Å²) >= 11 is 6.65. The number of halogens is 1. The van der Waals surface area contributed by atoms with Crippen LogP contribution >= 0.6 is 11.6 Å². The van der Waals surface area contributed by atoms with Gasteiger partial charge in [-0.05, 0) is 44.0 Å². The Morgan fingerprint density at radius 1 is 1.24 bits per heavy atom. The Hall–Kier alpha value is -1.91. The SMILES string of the molecule is Cc1c(Cl)c(CN2CCC[C@H](c3ccnn3C)C2)nc2ccccc12. The monoisotopic (exact) mass is 354 g/mol. The lowest BCUT2D eigenvalue weighted by Crippen LogP contribution is -2.35. The molecule has 130 valence electrons. The first-order chi connectivity index (χ1) is 12.1. The van der Waals surface area contributed by atoms with Crippen LogP contribution in [0.2, 0.25) is 5.02 Å². The number of nitrogens with zero attached hydrogens (tertiary/aromatic N) is 4. The van der Waals surface area contributed by atoms with E-state index in [4.69, 9.17) is 16.6 Å². The van der Waals surface area contributed by atoms with Crippen molar-refractivity contribution >= 4 is 22.5 Å². The maximum atomic E-state index is 6.65. The van der Waals surface area contributed by atoms with Gasteiger partial charge in [-0.15, -0.1) is 0 Å². The molecule has 25 heavy (non-hydrogen) atoms. The van der Waals surface area contributed by atoms with Gasteiger partial charge in [0, 0.05) is 43.3 Å². The Balaban J connectivity index is 1.58. The minimum absolute atomic E-state index is 0.529. The van der Waals surface area contributed by atoms with Gasteiger partial charge in [0.15, 0.2) is 0 Å². The van der Waals surface area contributed by atoms with Crippen LogP contribution in [-0.4, -0.2) is 32.8 Å². The fourth-order valence-corrected chi connectivity index (χ4v) is 4.16. The molecule has 1 aliphatic heterocycles. The highest BCUT2D eigenvalue weighted by Gasteiger charge is 2.24. The molecule has 4 nitrogen and oxygen atoms in total. The summed E-state index contributed by atoms with van der Waals surface area (Å²) in [6, 6.07) is 10.4. The first-order valence-electron chi connectivity index (χ1n) is 8.87. The zero-order valence-corrected chi connectivity index (χ0v) is 15.5. The molecule has 1 saturated heterocycles. The number of aromatic nitrogens is 3. The zero-order valence-electron chi connectivity index (χ0n) is 14.7. The molecule has 1 fully saturated rings. The van der Waals surface area contributed by atoms with Gasteiger partial charge < -0.3 is 0 Å². The summed E-state index contributed by atoms with van der Waals surface area (Å²) < 4.78 is 2.00. The molecule has 0 aliphatic carbocycles. The normalized spacial score (nSPS) is 18.8. The molecule has 0 radical (unpaired) electrons. The first kappa shape index (κ1) is 16.6. The van der Waals surface area contributed by atoms with E-state index in [-0.39, 0.29) is 0 Å². The highest BCUT2D eigenvalue weighted by Crippen LogP contribution is 2.31. The molecule has 1 aliphatic rings. The maximum Gasteiger partial charge on any atom is 0.0740 e. The summed E-state index contributed by atoms with van der Waals surface area (Å²) in [5, 5.41) is 6.27. The first-order valence-corrected chi connectivity index (χ1v) is 9.25. The fraction of sp³-hybridized carbons (Fsp3) is 0.400. The molecule has 5 heteroatoms. The van der Waals surface area contributed by atoms with E-state index in [0.29, 0.717) is 5.92 Å². The predicted octanol–water partition coefficient (Wildman–Crippen LogP) is 4.31. The van der Waals surface area contributed by atoms with Gasteiger partial charge in [0.1, 0.15) is 0 Å². The van der Waals surface area contributed by atoms with Crippen LogP contribution in [0.1, 0.15) is 35.7 Å². The van der Waals surface area contributed by atoms with Crippen LogP contribution in [0.15, 0.2) is 36.5 Å². The molecule has 0 amide bonds. The number of piperidine rings is 1. The van der Waals surface area contributed by atoms with E-state index in [9.17, 15) is 0 Å². The molecule has 0 unspecified atom stereocenters. The molecule has 0 saturated carbocycles. The highest BCUT2D eigenvalue weighted by atomic mass is 35.5. The lowest BCUT2D eigenvalue weighted by atomic mass is 9.94. The van der Waals surface area contributed by atoms with Crippen molar-refractivity contribution in [2.75, 3.05) is 13.1 Å². The van der Waals surface area contributed by atoms with Crippen LogP contribution in [0.4, 0.5) is 0 Å². The second-order valence-electron chi connectivity index (χ2n) is 6.97. The number of hydrogen-bond donors (Lipinski definition) is 0. The third-order valence-corrected chi connectivity index (χ3v) is 5.80. The molecule has 0 spiro atoms. The molecule has 2 aromatic heterocycles. The van der Waals surface area contributed by atoms with Gasteiger partial charge in [-0.3, -0.25) is 9.58 Å². The molecule has 3 heterocycles. The number of hydrogen-bond acceptors (Lipinski definition) is 3. The molecule has 4 rings (SSSR count). The second-order valence-corrected chi connectivity index (χ2v) is 7.35. The van der Waals surface area contributed by atoms with Crippen LogP contribution in [0.3, 0.4) is 0 Å². The number of likely N-dealkylation sites (tertiary alicyclic amines) is 1. The summed E-state index contributed by atoms with van der Waals surface area (Å²) in [6.45, 7) is 5.02. The van der Waals surface area contributed by atoms with Crippen molar-refractivity contribution in [3.8, 4) is 0 Å². The number of rotatable bonds is 3. The van der Waals surface area contributed by atoms with Gasteiger partial charge >= 0.3 is 0 Å². The van der Waals surface area contributed by atoms with E-state index in [1.165, 1.54) is 18.5 Å². The third-order valence-electron chi connectivity index (χ3n) is 5.30. The van der Waals surface area contributed by atoms with Gasteiger partial charge in [0.05, 0.1) is 16.2 Å². The van der Waals surface area contributed by atoms with Crippen LogP contribution in [-0.2, 0) is 13.6 Å². The van der Waals surface area contributed by atoms with Crippen molar-refractivity contribution in [1.29, 1.82) is 0 Å². The van der Waals surface area contributed by atoms with Gasteiger partial charge in [0.2, 0.25) is 0 Å². The van der Waals surface area contributed by atoms with Crippen LogP contribution in [0, 0.1) is 6.92 Å². The highest BCUT2D eigenvalue weighted by molar-refractivity contribution is 6.32. The molecular formula is C20H23ClN4. The summed E-state index contributed by atoms with van der Waals surface area (Å²) in [5.74, 6) is 0.529. The molecule has 0 N–H and O–H groups in total. The summed E-state index contributed by atoms with van der Waals surface area (Å²) in [4.78, 5) is 7.32. The van der Waals surface area contributed by atoms with Crippen molar-refractivity contribution in [1.82, 2.24) is 19.7 Å². The topological polar surface area (TPSA) is 34.0 Å². The number of aryl methyl sites for hydroxylation is 2. The van der Waals surface area contributed by atoms with E-state index in [1.54, 1.807) is 0 Å². The molecular weight excluding hydrogens is 332 g/mol. The van der Waals surface area contributed by atoms with Gasteiger partial charge in [-0.25, -0.2) is 4.98 Å². The largest absolute Gasteiger partial charge is 0.297 e. The van der Waals surface area contributed by atoms with E-state index < -0.39 is 0 Å². The Labute approximate surface area is 153 Å². The average molecular weight is 355 g/mol. The second kappa shape index (κ2) is 6.77.